The summed E-state index contributed by atoms with van der Waals surface area (Å²) >= 11 is 21.0. The molecule has 49 heavy (non-hydrogen) atoms. The summed E-state index contributed by atoms with van der Waals surface area (Å²) in [7, 11) is 0. The molecule has 2 aliphatic heterocycles. The molecule has 7 atom stereocenters. The van der Waals surface area contributed by atoms with Crippen molar-refractivity contribution in [3.63, 3.8) is 0 Å². The zero-order chi connectivity index (χ0) is 34.1. The summed E-state index contributed by atoms with van der Waals surface area (Å²) in [6.45, 7) is 1.94. The van der Waals surface area contributed by atoms with E-state index in [0.717, 1.165) is 21.9 Å². The van der Waals surface area contributed by atoms with E-state index < -0.39 is 17.7 Å². The first-order valence-corrected chi connectivity index (χ1v) is 18.6. The van der Waals surface area contributed by atoms with Gasteiger partial charge < -0.3 is 19.8 Å². The number of anilines is 2. The fourth-order valence-electron chi connectivity index (χ4n) is 8.25. The molecule has 4 aromatic rings. The molecule has 2 saturated carbocycles. The Morgan fingerprint density at radius 3 is 2.41 bits per heavy atom. The number of H-pyrrole nitrogens is 1. The monoisotopic (exact) mass is 755 g/mol. The molecule has 2 N–H and O–H groups in total. The summed E-state index contributed by atoms with van der Waals surface area (Å²) in [5.74, 6) is -0.961. The van der Waals surface area contributed by atoms with Crippen molar-refractivity contribution in [1.29, 1.82) is 0 Å². The van der Waals surface area contributed by atoms with Crippen LogP contribution >= 0.6 is 57.9 Å². The zero-order valence-corrected chi connectivity index (χ0v) is 29.7. The van der Waals surface area contributed by atoms with Crippen molar-refractivity contribution in [3.05, 3.63) is 95.8 Å². The smallest absolute Gasteiger partial charge is 0.305 e. The molecule has 3 heterocycles. The Bertz CT molecular complexity index is 2070. The second kappa shape index (κ2) is 12.7. The highest BCUT2D eigenvalue weighted by atomic mass is 35.5. The normalized spacial score (nSPS) is 26.4. The van der Waals surface area contributed by atoms with E-state index >= 15 is 0 Å². The number of amides is 3. The maximum absolute atomic E-state index is 14.0. The van der Waals surface area contributed by atoms with Crippen LogP contribution in [0.5, 0.6) is 11.5 Å². The standard InChI is InChI=1S/C35H28Cl3N3O6S2/c1-2-46-24-11-15(3-10-23(24)47-14-25(42)39-17-6-9-21(37)22(38)12-17)26-27-19-13-20(30(27)48-32-31(26)49-35(45)40-32)29-28(19)33(43)41(34(29)44)18-7-4-16(36)5-8-18/h3-12,19-20,26-30H,2,13-14H2,1H3,(H,39,42)(H,40,45)/t19-,20-,26-,27?,28?,29?,30?/m1/s1. The Kier molecular flexibility index (Phi) is 8.47. The number of thioether (sulfide) groups is 1. The second-order valence-corrected chi connectivity index (χ2v) is 16.0. The van der Waals surface area contributed by atoms with E-state index in [9.17, 15) is 19.2 Å². The molecule has 4 aliphatic rings. The van der Waals surface area contributed by atoms with Gasteiger partial charge in [-0.25, -0.2) is 0 Å². The highest BCUT2D eigenvalue weighted by Crippen LogP contribution is 2.68. The minimum absolute atomic E-state index is 0.00957. The number of carbonyl (C=O) groups is 3. The van der Waals surface area contributed by atoms with Gasteiger partial charge in [0.25, 0.3) is 5.91 Å². The van der Waals surface area contributed by atoms with Gasteiger partial charge in [0.1, 0.15) is 0 Å². The van der Waals surface area contributed by atoms with Crippen molar-refractivity contribution in [2.45, 2.75) is 29.5 Å². The number of hydrogen-bond donors (Lipinski definition) is 2. The number of carbonyl (C=O) groups excluding carboxylic acids is 3. The molecule has 252 valence electrons. The van der Waals surface area contributed by atoms with Gasteiger partial charge >= 0.3 is 4.87 Å². The summed E-state index contributed by atoms with van der Waals surface area (Å²) < 4.78 is 11.9. The van der Waals surface area contributed by atoms with E-state index in [-0.39, 0.29) is 52.2 Å². The largest absolute Gasteiger partial charge is 0.490 e. The van der Waals surface area contributed by atoms with E-state index in [0.29, 0.717) is 44.5 Å². The molecule has 0 spiro atoms. The molecule has 9 nitrogen and oxygen atoms in total. The van der Waals surface area contributed by atoms with Gasteiger partial charge in [-0.1, -0.05) is 52.2 Å². The van der Waals surface area contributed by atoms with Gasteiger partial charge in [0.2, 0.25) is 11.8 Å². The third kappa shape index (κ3) is 5.54. The predicted octanol–water partition coefficient (Wildman–Crippen LogP) is 7.49. The number of aromatic amines is 1. The number of thiazole rings is 1. The molecule has 8 rings (SSSR count). The first kappa shape index (κ1) is 32.7. The second-order valence-electron chi connectivity index (χ2n) is 12.6. The third-order valence-electron chi connectivity index (χ3n) is 10.00. The van der Waals surface area contributed by atoms with E-state index in [1.165, 1.54) is 16.2 Å². The van der Waals surface area contributed by atoms with Gasteiger partial charge in [-0.3, -0.25) is 24.1 Å². The van der Waals surface area contributed by atoms with Crippen LogP contribution in [0.1, 0.15) is 29.7 Å². The molecule has 3 fully saturated rings. The summed E-state index contributed by atoms with van der Waals surface area (Å²) in [4.78, 5) is 58.5. The number of nitrogens with zero attached hydrogens (tertiary/aromatic N) is 1. The Hall–Kier alpha value is -3.48. The number of hydrogen-bond acceptors (Lipinski definition) is 8. The van der Waals surface area contributed by atoms with Crippen LogP contribution in [-0.2, 0) is 14.4 Å². The quantitative estimate of drug-likeness (QED) is 0.179. The third-order valence-corrected chi connectivity index (χ3v) is 13.6. The van der Waals surface area contributed by atoms with Crippen molar-refractivity contribution in [2.24, 2.45) is 29.6 Å². The molecular weight excluding hydrogens is 729 g/mol. The lowest BCUT2D eigenvalue weighted by molar-refractivity contribution is -0.123. The lowest BCUT2D eigenvalue weighted by Crippen LogP contribution is -2.42. The SMILES string of the molecule is CCOc1cc([C@H]2c3sc(=O)[nH]c3SC3C2[C@H]2C[C@@H]3C3C(=O)N(c4ccc(Cl)cc4)C(=O)C32)ccc1OCC(=O)Nc1ccc(Cl)c(Cl)c1. The summed E-state index contributed by atoms with van der Waals surface area (Å²) in [5, 5.41) is 4.83. The van der Waals surface area contributed by atoms with Crippen molar-refractivity contribution >= 4 is 87.0 Å². The molecule has 2 aliphatic carbocycles. The average Bonchev–Trinajstić information content (AvgIpc) is 3.81. The summed E-state index contributed by atoms with van der Waals surface area (Å²) in [6, 6.07) is 17.2. The number of imide groups is 1. The minimum Gasteiger partial charge on any atom is -0.490 e. The van der Waals surface area contributed by atoms with E-state index in [1.54, 1.807) is 60.3 Å². The summed E-state index contributed by atoms with van der Waals surface area (Å²) in [6.07, 6.45) is 0.771. The predicted molar refractivity (Wildman–Crippen MR) is 191 cm³/mol. The van der Waals surface area contributed by atoms with Crippen LogP contribution in [0.15, 0.2) is 70.5 Å². The van der Waals surface area contributed by atoms with Crippen molar-refractivity contribution < 1.29 is 23.9 Å². The maximum Gasteiger partial charge on any atom is 0.305 e. The zero-order valence-electron chi connectivity index (χ0n) is 25.8. The Morgan fingerprint density at radius 2 is 1.67 bits per heavy atom. The van der Waals surface area contributed by atoms with Gasteiger partial charge in [-0.05, 0) is 91.3 Å². The van der Waals surface area contributed by atoms with E-state index in [4.69, 9.17) is 44.3 Å². The van der Waals surface area contributed by atoms with Crippen LogP contribution in [0.25, 0.3) is 0 Å². The Morgan fingerprint density at radius 1 is 0.918 bits per heavy atom. The number of benzene rings is 3. The Labute approximate surface area is 304 Å². The molecule has 2 bridgehead atoms. The number of halogens is 3. The molecule has 1 aromatic heterocycles. The molecular formula is C35H28Cl3N3O6S2. The van der Waals surface area contributed by atoms with Crippen LogP contribution in [-0.4, -0.2) is 41.2 Å². The number of ether oxygens (including phenoxy) is 2. The maximum atomic E-state index is 14.0. The van der Waals surface area contributed by atoms with Crippen molar-refractivity contribution in [2.75, 3.05) is 23.4 Å². The topological polar surface area (TPSA) is 118 Å². The van der Waals surface area contributed by atoms with Crippen LogP contribution in [0.4, 0.5) is 11.4 Å². The van der Waals surface area contributed by atoms with Crippen LogP contribution in [0.3, 0.4) is 0 Å². The molecule has 1 saturated heterocycles. The summed E-state index contributed by atoms with van der Waals surface area (Å²) in [5.41, 5.74) is 1.94. The lowest BCUT2D eigenvalue weighted by Gasteiger charge is -2.43. The highest BCUT2D eigenvalue weighted by molar-refractivity contribution is 8.00. The van der Waals surface area contributed by atoms with Gasteiger partial charge in [0, 0.05) is 26.8 Å². The minimum atomic E-state index is -0.433. The van der Waals surface area contributed by atoms with Gasteiger partial charge in [0.05, 0.1) is 39.2 Å². The van der Waals surface area contributed by atoms with Crippen LogP contribution in [0.2, 0.25) is 15.1 Å². The van der Waals surface area contributed by atoms with Crippen LogP contribution < -0.4 is 24.6 Å². The number of nitrogens with one attached hydrogen (secondary N) is 2. The van der Waals surface area contributed by atoms with Gasteiger partial charge in [-0.15, -0.1) is 11.8 Å². The number of aromatic nitrogens is 1. The van der Waals surface area contributed by atoms with Crippen LogP contribution in [0, 0.1) is 29.6 Å². The van der Waals surface area contributed by atoms with Gasteiger partial charge in [-0.2, -0.15) is 0 Å². The van der Waals surface area contributed by atoms with Crippen molar-refractivity contribution in [3.8, 4) is 11.5 Å². The molecule has 0 radical (unpaired) electrons. The number of fused-ring (bicyclic) bond motifs is 9. The molecule has 3 amide bonds. The molecule has 14 heteroatoms. The van der Waals surface area contributed by atoms with Gasteiger partial charge in [0.15, 0.2) is 18.1 Å². The fourth-order valence-corrected chi connectivity index (χ4v) is 11.6. The molecule has 4 unspecified atom stereocenters. The molecule has 3 aromatic carbocycles. The first-order chi connectivity index (χ1) is 23.6. The average molecular weight is 757 g/mol. The highest BCUT2D eigenvalue weighted by Gasteiger charge is 2.69. The van der Waals surface area contributed by atoms with Crippen molar-refractivity contribution in [1.82, 2.24) is 4.98 Å². The lowest BCUT2D eigenvalue weighted by atomic mass is 9.68. The number of rotatable bonds is 8. The first-order valence-electron chi connectivity index (χ1n) is 15.8. The van der Waals surface area contributed by atoms with E-state index in [2.05, 4.69) is 10.3 Å². The fraction of sp³-hybridized carbons (Fsp3) is 0.314. The Balaban J connectivity index is 1.09. The van der Waals surface area contributed by atoms with E-state index in [1.807, 2.05) is 19.1 Å².